The molecule has 0 bridgehead atoms. The highest BCUT2D eigenvalue weighted by Gasteiger charge is 2.46. The molecule has 2 aliphatic rings. The summed E-state index contributed by atoms with van der Waals surface area (Å²) in [7, 11) is 0. The van der Waals surface area contributed by atoms with Gasteiger partial charge in [-0.05, 0) is 25.8 Å². The van der Waals surface area contributed by atoms with Crippen molar-refractivity contribution in [1.29, 1.82) is 0 Å². The first-order valence-electron chi connectivity index (χ1n) is 7.32. The van der Waals surface area contributed by atoms with Gasteiger partial charge in [0.05, 0.1) is 5.92 Å². The average Bonchev–Trinajstić information content (AvgIpc) is 2.44. The quantitative estimate of drug-likeness (QED) is 0.839. The Kier molecular flexibility index (Phi) is 3.69. The van der Waals surface area contributed by atoms with Crippen LogP contribution in [0.4, 0.5) is 8.78 Å². The van der Waals surface area contributed by atoms with Crippen molar-refractivity contribution >= 4 is 5.91 Å². The highest BCUT2D eigenvalue weighted by atomic mass is 19.1. The molecule has 1 spiro atoms. The van der Waals surface area contributed by atoms with Crippen molar-refractivity contribution in [2.75, 3.05) is 26.3 Å². The molecule has 1 unspecified atom stereocenters. The zero-order valence-electron chi connectivity index (χ0n) is 12.1. The zero-order valence-corrected chi connectivity index (χ0v) is 12.1. The molecule has 3 rings (SSSR count). The van der Waals surface area contributed by atoms with Crippen molar-refractivity contribution in [1.82, 2.24) is 4.90 Å². The molecule has 2 fully saturated rings. The third-order valence-electron chi connectivity index (χ3n) is 4.72. The van der Waals surface area contributed by atoms with E-state index in [-0.39, 0.29) is 16.9 Å². The third kappa shape index (κ3) is 2.67. The van der Waals surface area contributed by atoms with Crippen LogP contribution >= 0.6 is 0 Å². The van der Waals surface area contributed by atoms with Crippen molar-refractivity contribution in [2.24, 2.45) is 5.41 Å². The van der Waals surface area contributed by atoms with E-state index in [1.807, 2.05) is 0 Å². The maximum Gasteiger partial charge on any atom is 0.229 e. The van der Waals surface area contributed by atoms with Crippen LogP contribution in [0, 0.1) is 17.0 Å². The Morgan fingerprint density at radius 2 is 1.95 bits per heavy atom. The van der Waals surface area contributed by atoms with Crippen LogP contribution in [0.15, 0.2) is 18.2 Å². The molecule has 1 atom stereocenters. The molecule has 0 N–H and O–H groups in total. The highest BCUT2D eigenvalue weighted by Crippen LogP contribution is 2.41. The molecule has 3 nitrogen and oxygen atoms in total. The Bertz CT molecular complexity index is 547. The van der Waals surface area contributed by atoms with Crippen LogP contribution in [-0.4, -0.2) is 37.1 Å². The predicted octanol–water partition coefficient (Wildman–Crippen LogP) is 2.71. The Morgan fingerprint density at radius 1 is 1.29 bits per heavy atom. The van der Waals surface area contributed by atoms with Gasteiger partial charge in [-0.1, -0.05) is 6.07 Å². The number of carbonyl (C=O) groups excluding carboxylic acids is 1. The highest BCUT2D eigenvalue weighted by molar-refractivity contribution is 5.84. The Labute approximate surface area is 122 Å². The summed E-state index contributed by atoms with van der Waals surface area (Å²) < 4.78 is 32.1. The standard InChI is InChI=1S/C16H19F2NO2/c1-11(13-3-2-12(17)8-14(13)18)15(20)19-9-16(10-19)4-6-21-7-5-16/h2-3,8,11H,4-7,9-10H2,1H3. The monoisotopic (exact) mass is 295 g/mol. The van der Waals surface area contributed by atoms with Gasteiger partial charge in [-0.2, -0.15) is 0 Å². The topological polar surface area (TPSA) is 29.5 Å². The van der Waals surface area contributed by atoms with Gasteiger partial charge in [-0.15, -0.1) is 0 Å². The van der Waals surface area contributed by atoms with E-state index in [0.29, 0.717) is 0 Å². The van der Waals surface area contributed by atoms with Gasteiger partial charge in [-0.3, -0.25) is 4.79 Å². The Balaban J connectivity index is 1.66. The molecule has 114 valence electrons. The largest absolute Gasteiger partial charge is 0.381 e. The van der Waals surface area contributed by atoms with Gasteiger partial charge in [0.2, 0.25) is 5.91 Å². The molecule has 21 heavy (non-hydrogen) atoms. The maximum atomic E-state index is 13.8. The Hall–Kier alpha value is -1.49. The van der Waals surface area contributed by atoms with Crippen molar-refractivity contribution in [2.45, 2.75) is 25.7 Å². The fourth-order valence-electron chi connectivity index (χ4n) is 3.30. The average molecular weight is 295 g/mol. The number of nitrogens with zero attached hydrogens (tertiary/aromatic N) is 1. The van der Waals surface area contributed by atoms with E-state index in [2.05, 4.69) is 0 Å². The Morgan fingerprint density at radius 3 is 2.57 bits per heavy atom. The van der Waals surface area contributed by atoms with E-state index in [1.54, 1.807) is 11.8 Å². The molecule has 1 aromatic rings. The number of carbonyl (C=O) groups is 1. The summed E-state index contributed by atoms with van der Waals surface area (Å²) in [6.45, 7) is 4.63. The third-order valence-corrected chi connectivity index (χ3v) is 4.72. The number of ether oxygens (including phenoxy) is 1. The molecule has 5 heteroatoms. The van der Waals surface area contributed by atoms with Crippen LogP contribution in [0.2, 0.25) is 0 Å². The smallest absolute Gasteiger partial charge is 0.229 e. The number of rotatable bonds is 2. The van der Waals surface area contributed by atoms with E-state index in [9.17, 15) is 13.6 Å². The summed E-state index contributed by atoms with van der Waals surface area (Å²) in [6.07, 6.45) is 1.96. The van der Waals surface area contributed by atoms with Gasteiger partial charge >= 0.3 is 0 Å². The lowest BCUT2D eigenvalue weighted by molar-refractivity contribution is -0.151. The number of hydrogen-bond donors (Lipinski definition) is 0. The molecule has 0 radical (unpaired) electrons. The molecule has 2 aliphatic heterocycles. The van der Waals surface area contributed by atoms with E-state index in [4.69, 9.17) is 4.74 Å². The van der Waals surface area contributed by atoms with Crippen molar-refractivity contribution in [3.05, 3.63) is 35.4 Å². The summed E-state index contributed by atoms with van der Waals surface area (Å²) in [6, 6.07) is 3.38. The summed E-state index contributed by atoms with van der Waals surface area (Å²) in [5, 5.41) is 0. The molecule has 2 heterocycles. The number of benzene rings is 1. The van der Waals surface area contributed by atoms with E-state index < -0.39 is 17.6 Å². The molecule has 2 saturated heterocycles. The lowest BCUT2D eigenvalue weighted by Crippen LogP contribution is -2.60. The lowest BCUT2D eigenvalue weighted by atomic mass is 9.73. The summed E-state index contributed by atoms with van der Waals surface area (Å²) in [5.41, 5.74) is 0.462. The second kappa shape index (κ2) is 5.37. The normalized spacial score (nSPS) is 22.0. The number of likely N-dealkylation sites (tertiary alicyclic amines) is 1. The van der Waals surface area contributed by atoms with Gasteiger partial charge in [0.1, 0.15) is 11.6 Å². The van der Waals surface area contributed by atoms with Crippen molar-refractivity contribution in [3.63, 3.8) is 0 Å². The van der Waals surface area contributed by atoms with E-state index >= 15 is 0 Å². The van der Waals surface area contributed by atoms with E-state index in [0.717, 1.165) is 45.2 Å². The van der Waals surface area contributed by atoms with Gasteiger partial charge in [0.15, 0.2) is 0 Å². The minimum atomic E-state index is -0.655. The van der Waals surface area contributed by atoms with Gasteiger partial charge in [-0.25, -0.2) is 8.78 Å². The van der Waals surface area contributed by atoms with Gasteiger partial charge in [0, 0.05) is 43.3 Å². The number of hydrogen-bond acceptors (Lipinski definition) is 2. The first-order valence-corrected chi connectivity index (χ1v) is 7.32. The fourth-order valence-corrected chi connectivity index (χ4v) is 3.30. The molecule has 1 amide bonds. The maximum absolute atomic E-state index is 13.8. The van der Waals surface area contributed by atoms with Crippen LogP contribution in [0.3, 0.4) is 0 Å². The molecule has 1 aromatic carbocycles. The van der Waals surface area contributed by atoms with Crippen LogP contribution in [0.1, 0.15) is 31.2 Å². The lowest BCUT2D eigenvalue weighted by Gasteiger charge is -2.52. The molecule has 0 aliphatic carbocycles. The van der Waals surface area contributed by atoms with Crippen LogP contribution < -0.4 is 0 Å². The second-order valence-corrected chi connectivity index (χ2v) is 6.19. The minimum absolute atomic E-state index is 0.0855. The van der Waals surface area contributed by atoms with E-state index in [1.165, 1.54) is 12.1 Å². The first kappa shape index (κ1) is 14.4. The molecular weight excluding hydrogens is 276 g/mol. The number of amides is 1. The SMILES string of the molecule is CC(C(=O)N1CC2(CCOCC2)C1)c1ccc(F)cc1F. The van der Waals surface area contributed by atoms with Crippen LogP contribution in [0.25, 0.3) is 0 Å². The van der Waals surface area contributed by atoms with Crippen molar-refractivity contribution in [3.8, 4) is 0 Å². The zero-order chi connectivity index (χ0) is 15.0. The van der Waals surface area contributed by atoms with Crippen LogP contribution in [-0.2, 0) is 9.53 Å². The summed E-state index contributed by atoms with van der Waals surface area (Å²) in [4.78, 5) is 14.2. The molecular formula is C16H19F2NO2. The van der Waals surface area contributed by atoms with Crippen molar-refractivity contribution < 1.29 is 18.3 Å². The minimum Gasteiger partial charge on any atom is -0.381 e. The second-order valence-electron chi connectivity index (χ2n) is 6.19. The van der Waals surface area contributed by atoms with Gasteiger partial charge < -0.3 is 9.64 Å². The summed E-state index contributed by atoms with van der Waals surface area (Å²) >= 11 is 0. The predicted molar refractivity (Wildman–Crippen MR) is 73.8 cm³/mol. The fraction of sp³-hybridized carbons (Fsp3) is 0.562. The first-order chi connectivity index (χ1) is 10.0. The molecule has 0 saturated carbocycles. The molecule has 0 aromatic heterocycles. The van der Waals surface area contributed by atoms with Gasteiger partial charge in [0.25, 0.3) is 0 Å². The van der Waals surface area contributed by atoms with Crippen LogP contribution in [0.5, 0.6) is 0 Å². The summed E-state index contributed by atoms with van der Waals surface area (Å²) in [5.74, 6) is -1.95. The number of halogens is 2.